The van der Waals surface area contributed by atoms with E-state index >= 15 is 0 Å². The molecule has 0 bridgehead atoms. The molecule has 1 aromatic carbocycles. The first-order valence-electron chi connectivity index (χ1n) is 7.98. The summed E-state index contributed by atoms with van der Waals surface area (Å²) in [6, 6.07) is 6.22. The van der Waals surface area contributed by atoms with Crippen molar-refractivity contribution in [2.24, 2.45) is 0 Å². The molecule has 1 fully saturated rings. The summed E-state index contributed by atoms with van der Waals surface area (Å²) in [7, 11) is 0. The number of thioether (sulfide) groups is 1. The fraction of sp³-hybridized carbons (Fsp3) is 0.333. The van der Waals surface area contributed by atoms with E-state index in [4.69, 9.17) is 12.2 Å². The second-order valence-corrected chi connectivity index (χ2v) is 7.79. The number of hydrogen-bond donors (Lipinski definition) is 0. The van der Waals surface area contributed by atoms with Gasteiger partial charge in [0, 0.05) is 5.97 Å². The molecule has 0 radical (unpaired) electrons. The van der Waals surface area contributed by atoms with Crippen LogP contribution < -0.4 is 10.2 Å². The van der Waals surface area contributed by atoms with E-state index in [1.165, 1.54) is 0 Å². The number of carbonyl (C=O) groups excluding carboxylic acids is 3. The number of thiocarbonyl (C=S) groups is 1. The maximum Gasteiger partial charge on any atom is 0.266 e. The van der Waals surface area contributed by atoms with Crippen LogP contribution in [0.2, 0.25) is 0 Å². The van der Waals surface area contributed by atoms with Gasteiger partial charge in [0.15, 0.2) is 0 Å². The Kier molecular flexibility index (Phi) is 6.55. The van der Waals surface area contributed by atoms with Crippen LogP contribution in [0.4, 0.5) is 0 Å². The third-order valence-electron chi connectivity index (χ3n) is 3.93. The van der Waals surface area contributed by atoms with Crippen LogP contribution in [-0.2, 0) is 14.4 Å². The lowest BCUT2D eigenvalue weighted by atomic mass is 10.0. The smallest absolute Gasteiger partial charge is 0.266 e. The summed E-state index contributed by atoms with van der Waals surface area (Å²) in [6.07, 6.45) is 0.799. The van der Waals surface area contributed by atoms with Crippen molar-refractivity contribution in [3.05, 3.63) is 40.3 Å². The number of amides is 1. The van der Waals surface area contributed by atoms with Gasteiger partial charge in [-0.3, -0.25) is 9.69 Å². The topological polar surface area (TPSA) is 101 Å². The first-order chi connectivity index (χ1) is 12.2. The second kappa shape index (κ2) is 8.46. The van der Waals surface area contributed by atoms with Gasteiger partial charge in [-0.25, -0.2) is 0 Å². The highest BCUT2D eigenvalue weighted by atomic mass is 32.2. The van der Waals surface area contributed by atoms with E-state index in [0.29, 0.717) is 5.92 Å². The van der Waals surface area contributed by atoms with Crippen molar-refractivity contribution in [3.8, 4) is 0 Å². The highest BCUT2D eigenvalue weighted by Gasteiger charge is 2.37. The van der Waals surface area contributed by atoms with Gasteiger partial charge in [0.1, 0.15) is 4.32 Å². The zero-order valence-electron chi connectivity index (χ0n) is 14.3. The van der Waals surface area contributed by atoms with Crippen LogP contribution in [0.15, 0.2) is 29.2 Å². The van der Waals surface area contributed by atoms with E-state index < -0.39 is 30.3 Å². The molecule has 1 aliphatic rings. The van der Waals surface area contributed by atoms with Crippen molar-refractivity contribution in [2.75, 3.05) is 0 Å². The third kappa shape index (κ3) is 4.70. The Morgan fingerprint density at radius 3 is 2.35 bits per heavy atom. The molecule has 2 rings (SSSR count). The Balaban J connectivity index is 2.23. The van der Waals surface area contributed by atoms with Gasteiger partial charge in [0.25, 0.3) is 5.91 Å². The predicted octanol–water partition coefficient (Wildman–Crippen LogP) is 0.660. The largest absolute Gasteiger partial charge is 0.550 e. The van der Waals surface area contributed by atoms with Crippen molar-refractivity contribution in [2.45, 2.75) is 38.6 Å². The number of hydrogen-bond acceptors (Lipinski definition) is 7. The Bertz CT molecular complexity index is 770. The molecular weight excluding hydrogens is 374 g/mol. The summed E-state index contributed by atoms with van der Waals surface area (Å²) in [6.45, 7) is 4.15. The molecule has 0 aromatic heterocycles. The quantitative estimate of drug-likeness (QED) is 0.497. The van der Waals surface area contributed by atoms with Crippen LogP contribution in [0.25, 0.3) is 6.08 Å². The lowest BCUT2D eigenvalue weighted by molar-refractivity contribution is -0.311. The lowest BCUT2D eigenvalue weighted by Crippen LogP contribution is -2.50. The average molecular weight is 391 g/mol. The van der Waals surface area contributed by atoms with Crippen LogP contribution in [0.5, 0.6) is 0 Å². The summed E-state index contributed by atoms with van der Waals surface area (Å²) < 4.78 is 0.0626. The Hall–Kier alpha value is -2.19. The van der Waals surface area contributed by atoms with Gasteiger partial charge in [-0.15, -0.1) is 0 Å². The summed E-state index contributed by atoms with van der Waals surface area (Å²) in [5.74, 6) is -3.14. The predicted molar refractivity (Wildman–Crippen MR) is 98.6 cm³/mol. The number of carboxylic acids is 2. The average Bonchev–Trinajstić information content (AvgIpc) is 2.82. The zero-order valence-corrected chi connectivity index (χ0v) is 15.9. The van der Waals surface area contributed by atoms with Crippen LogP contribution in [0.1, 0.15) is 43.7 Å². The SMILES string of the molecule is CC(C)c1ccc(/C=C2\SC(=S)N([C@@H](CCC(=O)[O-])C(=O)[O-])C2=O)cc1. The van der Waals surface area contributed by atoms with Gasteiger partial charge in [0.2, 0.25) is 0 Å². The molecule has 1 saturated heterocycles. The molecule has 8 heteroatoms. The second-order valence-electron chi connectivity index (χ2n) is 6.12. The number of carboxylic acid groups (broad SMARTS) is 2. The van der Waals surface area contributed by atoms with E-state index in [1.54, 1.807) is 6.08 Å². The van der Waals surface area contributed by atoms with Crippen LogP contribution in [0, 0.1) is 0 Å². The van der Waals surface area contributed by atoms with Gasteiger partial charge >= 0.3 is 0 Å². The number of nitrogens with zero attached hydrogens (tertiary/aromatic N) is 1. The van der Waals surface area contributed by atoms with Crippen molar-refractivity contribution in [1.29, 1.82) is 0 Å². The molecule has 0 N–H and O–H groups in total. The minimum absolute atomic E-state index is 0.0626. The molecule has 1 amide bonds. The molecule has 1 heterocycles. The molecule has 0 spiro atoms. The number of rotatable bonds is 7. The monoisotopic (exact) mass is 391 g/mol. The summed E-state index contributed by atoms with van der Waals surface area (Å²) in [5, 5.41) is 22.0. The molecule has 1 aliphatic heterocycles. The van der Waals surface area contributed by atoms with Crippen LogP contribution in [-0.4, -0.2) is 33.1 Å². The van der Waals surface area contributed by atoms with E-state index in [9.17, 15) is 24.6 Å². The highest BCUT2D eigenvalue weighted by molar-refractivity contribution is 8.26. The van der Waals surface area contributed by atoms with Crippen LogP contribution in [0.3, 0.4) is 0 Å². The van der Waals surface area contributed by atoms with Gasteiger partial charge in [-0.05, 0) is 36.0 Å². The van der Waals surface area contributed by atoms with Gasteiger partial charge in [-0.2, -0.15) is 0 Å². The summed E-state index contributed by atoms with van der Waals surface area (Å²) in [5.41, 5.74) is 1.95. The minimum Gasteiger partial charge on any atom is -0.550 e. The molecular formula is C18H17NO5S2-2. The molecule has 1 atom stereocenters. The fourth-order valence-electron chi connectivity index (χ4n) is 2.48. The van der Waals surface area contributed by atoms with Gasteiger partial charge in [-0.1, -0.05) is 62.1 Å². The maximum atomic E-state index is 12.6. The van der Waals surface area contributed by atoms with Gasteiger partial charge < -0.3 is 19.8 Å². The molecule has 26 heavy (non-hydrogen) atoms. The Morgan fingerprint density at radius 2 is 1.85 bits per heavy atom. The third-order valence-corrected chi connectivity index (χ3v) is 5.26. The Morgan fingerprint density at radius 1 is 1.23 bits per heavy atom. The van der Waals surface area contributed by atoms with E-state index in [2.05, 4.69) is 13.8 Å². The number of aliphatic carboxylic acids is 2. The Labute approximate surface area is 160 Å². The van der Waals surface area contributed by atoms with Crippen molar-refractivity contribution >= 4 is 52.2 Å². The minimum atomic E-state index is -1.55. The summed E-state index contributed by atoms with van der Waals surface area (Å²) >= 11 is 6.10. The summed E-state index contributed by atoms with van der Waals surface area (Å²) in [4.78, 5) is 35.7. The van der Waals surface area contributed by atoms with Crippen LogP contribution >= 0.6 is 24.0 Å². The van der Waals surface area contributed by atoms with Gasteiger partial charge in [0.05, 0.1) is 16.9 Å². The van der Waals surface area contributed by atoms with Crippen molar-refractivity contribution in [1.82, 2.24) is 4.90 Å². The van der Waals surface area contributed by atoms with E-state index in [-0.39, 0.29) is 15.6 Å². The fourth-order valence-corrected chi connectivity index (χ4v) is 3.84. The number of benzene rings is 1. The molecule has 0 unspecified atom stereocenters. The maximum absolute atomic E-state index is 12.6. The van der Waals surface area contributed by atoms with E-state index in [0.717, 1.165) is 27.8 Å². The molecule has 0 saturated carbocycles. The van der Waals surface area contributed by atoms with Crippen molar-refractivity contribution < 1.29 is 24.6 Å². The first kappa shape index (κ1) is 20.1. The molecule has 6 nitrogen and oxygen atoms in total. The number of carbonyl (C=O) groups is 3. The lowest BCUT2D eigenvalue weighted by Gasteiger charge is -2.27. The molecule has 0 aliphatic carbocycles. The standard InChI is InChI=1S/C18H19NO5S2/c1-10(2)12-5-3-11(4-6-12)9-14-16(22)19(18(25)26-14)13(17(23)24)7-8-15(20)21/h3-6,9-10,13H,7-8H2,1-2H3,(H,20,21)(H,23,24)/p-2/b14-9-/t13-/m0/s1. The van der Waals surface area contributed by atoms with Crippen molar-refractivity contribution in [3.63, 3.8) is 0 Å². The van der Waals surface area contributed by atoms with E-state index in [1.807, 2.05) is 24.3 Å². The highest BCUT2D eigenvalue weighted by Crippen LogP contribution is 2.34. The molecule has 138 valence electrons. The normalized spacial score (nSPS) is 17.2. The first-order valence-corrected chi connectivity index (χ1v) is 9.21. The molecule has 1 aromatic rings. The zero-order chi connectivity index (χ0) is 19.4.